The second kappa shape index (κ2) is 6.57. The van der Waals surface area contributed by atoms with Crippen molar-refractivity contribution in [3.8, 4) is 0 Å². The highest BCUT2D eigenvalue weighted by Crippen LogP contribution is 2.42. The van der Waals surface area contributed by atoms with E-state index >= 15 is 0 Å². The van der Waals surface area contributed by atoms with Gasteiger partial charge in [-0.3, -0.25) is 9.79 Å². The van der Waals surface area contributed by atoms with Crippen molar-refractivity contribution in [2.24, 2.45) is 10.7 Å². The van der Waals surface area contributed by atoms with Crippen molar-refractivity contribution in [1.82, 2.24) is 0 Å². The number of hydrogen-bond donors (Lipinski definition) is 1. The molecule has 2 aromatic rings. The lowest BCUT2D eigenvalue weighted by Crippen LogP contribution is -2.39. The van der Waals surface area contributed by atoms with Crippen LogP contribution in [0.2, 0.25) is 0 Å². The van der Waals surface area contributed by atoms with E-state index in [1.807, 2.05) is 0 Å². The predicted octanol–water partition coefficient (Wildman–Crippen LogP) is 2.83. The quantitative estimate of drug-likeness (QED) is 0.928. The molecule has 2 aromatic carbocycles. The topological polar surface area (TPSA) is 64.7 Å². The molecule has 0 aliphatic carbocycles. The number of rotatable bonds is 4. The summed E-state index contributed by atoms with van der Waals surface area (Å²) in [6.07, 6.45) is 2.72. The maximum atomic E-state index is 14.5. The number of benzene rings is 2. The molecule has 0 radical (unpaired) electrons. The van der Waals surface area contributed by atoms with Gasteiger partial charge in [-0.15, -0.1) is 0 Å². The van der Waals surface area contributed by atoms with Crippen LogP contribution in [0.4, 0.5) is 8.78 Å². The smallest absolute Gasteiger partial charge is 0.246 e. The van der Waals surface area contributed by atoms with Crippen LogP contribution in [0.15, 0.2) is 59.6 Å². The summed E-state index contributed by atoms with van der Waals surface area (Å²) in [6.45, 7) is 0. The summed E-state index contributed by atoms with van der Waals surface area (Å²) in [7, 11) is 1.37. The Morgan fingerprint density at radius 1 is 1.12 bits per heavy atom. The van der Waals surface area contributed by atoms with Crippen LogP contribution in [-0.2, 0) is 15.1 Å². The van der Waals surface area contributed by atoms with Gasteiger partial charge < -0.3 is 10.5 Å². The van der Waals surface area contributed by atoms with Gasteiger partial charge in [0.05, 0.1) is 0 Å². The maximum Gasteiger partial charge on any atom is 0.246 e. The molecule has 0 fully saturated rings. The summed E-state index contributed by atoms with van der Waals surface area (Å²) in [5.41, 5.74) is 4.49. The fourth-order valence-corrected chi connectivity index (χ4v) is 2.95. The number of ether oxygens (including phenoxy) is 1. The number of hydrogen-bond acceptors (Lipinski definition) is 3. The van der Waals surface area contributed by atoms with Gasteiger partial charge in [0.2, 0.25) is 5.91 Å². The van der Waals surface area contributed by atoms with Crippen LogP contribution < -0.4 is 5.73 Å². The first-order valence-electron chi connectivity index (χ1n) is 7.60. The molecular formula is C19H16F2N2O2. The van der Waals surface area contributed by atoms with Crippen molar-refractivity contribution >= 4 is 17.7 Å². The third kappa shape index (κ3) is 2.85. The first-order chi connectivity index (χ1) is 12.0. The number of aliphatic imine (C=N–C) groups is 1. The minimum atomic E-state index is -1.47. The number of halogens is 2. The molecule has 2 unspecified atom stereocenters. The van der Waals surface area contributed by atoms with Gasteiger partial charge in [0.15, 0.2) is 5.60 Å². The zero-order chi connectivity index (χ0) is 18.0. The van der Waals surface area contributed by atoms with E-state index < -0.39 is 29.2 Å². The summed E-state index contributed by atoms with van der Waals surface area (Å²) < 4.78 is 34.6. The molecule has 25 heavy (non-hydrogen) atoms. The number of nitrogens with zero attached hydrogens (tertiary/aromatic N) is 1. The van der Waals surface area contributed by atoms with E-state index in [9.17, 15) is 13.6 Å². The summed E-state index contributed by atoms with van der Waals surface area (Å²) in [6, 6.07) is 11.0. The third-order valence-corrected chi connectivity index (χ3v) is 4.19. The minimum Gasteiger partial charge on any atom is -0.368 e. The van der Waals surface area contributed by atoms with E-state index in [0.29, 0.717) is 0 Å². The molecule has 3 rings (SSSR count). The predicted molar refractivity (Wildman–Crippen MR) is 90.9 cm³/mol. The number of carbonyl (C=O) groups excluding carboxylic acids is 1. The molecule has 1 aliphatic rings. The van der Waals surface area contributed by atoms with Gasteiger partial charge in [0.1, 0.15) is 17.7 Å². The number of methoxy groups -OCH3 is 1. The molecule has 128 valence electrons. The number of carbonyl (C=O) groups is 1. The lowest BCUT2D eigenvalue weighted by Gasteiger charge is -2.35. The normalized spacial score (nSPS) is 22.5. The van der Waals surface area contributed by atoms with Crippen molar-refractivity contribution in [3.05, 3.63) is 77.4 Å². The van der Waals surface area contributed by atoms with Crippen LogP contribution in [-0.4, -0.2) is 25.3 Å². The van der Waals surface area contributed by atoms with Gasteiger partial charge >= 0.3 is 0 Å². The zero-order valence-electron chi connectivity index (χ0n) is 13.4. The molecule has 2 N–H and O–H groups in total. The number of primary amides is 1. The van der Waals surface area contributed by atoms with Crippen molar-refractivity contribution in [3.63, 3.8) is 0 Å². The summed E-state index contributed by atoms with van der Waals surface area (Å²) in [5.74, 6) is -1.75. The summed E-state index contributed by atoms with van der Waals surface area (Å²) in [4.78, 5) is 15.7. The van der Waals surface area contributed by atoms with E-state index in [2.05, 4.69) is 4.99 Å². The van der Waals surface area contributed by atoms with Crippen molar-refractivity contribution in [2.75, 3.05) is 7.11 Å². The lowest BCUT2D eigenvalue weighted by molar-refractivity contribution is -0.118. The van der Waals surface area contributed by atoms with E-state index in [4.69, 9.17) is 10.5 Å². The fraction of sp³-hybridized carbons (Fsp3) is 0.158. The molecule has 0 bridgehead atoms. The van der Waals surface area contributed by atoms with Gasteiger partial charge in [-0.2, -0.15) is 0 Å². The van der Waals surface area contributed by atoms with E-state index in [0.717, 1.165) is 0 Å². The van der Waals surface area contributed by atoms with E-state index in [-0.39, 0.29) is 16.7 Å². The number of nitrogens with two attached hydrogens (primary N) is 1. The van der Waals surface area contributed by atoms with E-state index in [1.54, 1.807) is 24.3 Å². The molecule has 2 atom stereocenters. The van der Waals surface area contributed by atoms with Crippen LogP contribution in [0.3, 0.4) is 0 Å². The van der Waals surface area contributed by atoms with Crippen LogP contribution in [0.1, 0.15) is 11.1 Å². The minimum absolute atomic E-state index is 0.165. The lowest BCUT2D eigenvalue weighted by atomic mass is 9.79. The average molecular weight is 342 g/mol. The highest BCUT2D eigenvalue weighted by atomic mass is 19.1. The fourth-order valence-electron chi connectivity index (χ4n) is 2.95. The highest BCUT2D eigenvalue weighted by Gasteiger charge is 2.42. The molecule has 6 heteroatoms. The Labute approximate surface area is 143 Å². The standard InChI is InChI=1S/C19H16F2N2O2/c1-25-19(13-7-3-5-9-16(13)21)11-23-17(18(22)24)10-14(19)12-6-2-4-8-15(12)20/h2-11,17H,1H3,(H2,22,24). The van der Waals surface area contributed by atoms with Crippen LogP contribution >= 0.6 is 0 Å². The molecule has 1 amide bonds. The highest BCUT2D eigenvalue weighted by molar-refractivity contribution is 5.99. The molecule has 4 nitrogen and oxygen atoms in total. The SMILES string of the molecule is COC1(c2ccccc2F)C=NC(C(N)=O)C=C1c1ccccc1F. The van der Waals surface area contributed by atoms with Gasteiger partial charge in [0, 0.05) is 30.0 Å². The summed E-state index contributed by atoms with van der Waals surface area (Å²) >= 11 is 0. The van der Waals surface area contributed by atoms with Crippen LogP contribution in [0.25, 0.3) is 5.57 Å². The monoisotopic (exact) mass is 342 g/mol. The molecule has 0 aromatic heterocycles. The van der Waals surface area contributed by atoms with Crippen LogP contribution in [0.5, 0.6) is 0 Å². The maximum absolute atomic E-state index is 14.5. The second-order valence-corrected chi connectivity index (χ2v) is 5.61. The largest absolute Gasteiger partial charge is 0.368 e. The van der Waals surface area contributed by atoms with Crippen LogP contribution in [0, 0.1) is 11.6 Å². The Hall–Kier alpha value is -2.86. The third-order valence-electron chi connectivity index (χ3n) is 4.19. The summed E-state index contributed by atoms with van der Waals surface area (Å²) in [5, 5.41) is 0. The molecule has 1 heterocycles. The number of amides is 1. The molecule has 0 saturated carbocycles. The number of dihydropyridines is 1. The molecule has 1 aliphatic heterocycles. The van der Waals surface area contributed by atoms with Crippen molar-refractivity contribution in [1.29, 1.82) is 0 Å². The van der Waals surface area contributed by atoms with E-state index in [1.165, 1.54) is 43.7 Å². The molecule has 0 spiro atoms. The zero-order valence-corrected chi connectivity index (χ0v) is 13.4. The van der Waals surface area contributed by atoms with Gasteiger partial charge in [0.25, 0.3) is 0 Å². The second-order valence-electron chi connectivity index (χ2n) is 5.61. The Morgan fingerprint density at radius 3 is 2.36 bits per heavy atom. The van der Waals surface area contributed by atoms with Crippen molar-refractivity contribution in [2.45, 2.75) is 11.6 Å². The Balaban J connectivity index is 2.28. The molecule has 0 saturated heterocycles. The first kappa shape index (κ1) is 17.0. The van der Waals surface area contributed by atoms with Gasteiger partial charge in [-0.1, -0.05) is 36.4 Å². The Morgan fingerprint density at radius 2 is 1.76 bits per heavy atom. The van der Waals surface area contributed by atoms with Crippen molar-refractivity contribution < 1.29 is 18.3 Å². The Bertz CT molecular complexity index is 879. The van der Waals surface area contributed by atoms with Gasteiger partial charge in [-0.05, 0) is 18.2 Å². The molecular weight excluding hydrogens is 326 g/mol. The van der Waals surface area contributed by atoms with Gasteiger partial charge in [-0.25, -0.2) is 8.78 Å². The Kier molecular flexibility index (Phi) is 4.46. The average Bonchev–Trinajstić information content (AvgIpc) is 2.62. The first-order valence-corrected chi connectivity index (χ1v) is 7.60.